The fraction of sp³-hybridized carbons (Fsp3) is 0.467. The molecule has 0 radical (unpaired) electrons. The molecule has 0 heterocycles. The summed E-state index contributed by atoms with van der Waals surface area (Å²) in [6.45, 7) is 4.52. The molecule has 0 aliphatic carbocycles. The van der Waals surface area contributed by atoms with Gasteiger partial charge >= 0.3 is 0 Å². The van der Waals surface area contributed by atoms with Gasteiger partial charge in [-0.25, -0.2) is 0 Å². The van der Waals surface area contributed by atoms with E-state index in [1.807, 2.05) is 38.1 Å². The molecule has 98 valence electrons. The van der Waals surface area contributed by atoms with E-state index in [2.05, 4.69) is 11.8 Å². The van der Waals surface area contributed by atoms with Gasteiger partial charge in [-0.2, -0.15) is 0 Å². The molecule has 0 aliphatic heterocycles. The summed E-state index contributed by atoms with van der Waals surface area (Å²) < 4.78 is 11.0. The number of methoxy groups -OCH3 is 1. The number of aliphatic hydroxyl groups is 1. The van der Waals surface area contributed by atoms with Gasteiger partial charge in [-0.05, 0) is 32.0 Å². The Morgan fingerprint density at radius 3 is 2.78 bits per heavy atom. The average molecular weight is 248 g/mol. The van der Waals surface area contributed by atoms with Crippen LogP contribution in [0.1, 0.15) is 25.8 Å². The van der Waals surface area contributed by atoms with Gasteiger partial charge in [0, 0.05) is 19.1 Å². The van der Waals surface area contributed by atoms with Gasteiger partial charge in [0.2, 0.25) is 0 Å². The molecule has 0 amide bonds. The quantitative estimate of drug-likeness (QED) is 0.812. The van der Waals surface area contributed by atoms with Gasteiger partial charge in [0.05, 0.1) is 12.2 Å². The lowest BCUT2D eigenvalue weighted by atomic mass is 10.1. The number of ether oxygens (including phenoxy) is 2. The topological polar surface area (TPSA) is 38.7 Å². The molecule has 0 unspecified atom stereocenters. The van der Waals surface area contributed by atoms with Crippen LogP contribution < -0.4 is 4.74 Å². The van der Waals surface area contributed by atoms with Gasteiger partial charge in [-0.3, -0.25) is 0 Å². The van der Waals surface area contributed by atoms with Crippen molar-refractivity contribution >= 4 is 0 Å². The zero-order valence-corrected chi connectivity index (χ0v) is 11.2. The first-order valence-electron chi connectivity index (χ1n) is 5.95. The summed E-state index contributed by atoms with van der Waals surface area (Å²) in [5.41, 5.74) is 0.668. The summed E-state index contributed by atoms with van der Waals surface area (Å²) in [4.78, 5) is 0. The Labute approximate surface area is 109 Å². The predicted molar refractivity (Wildman–Crippen MR) is 71.6 cm³/mol. The van der Waals surface area contributed by atoms with E-state index in [1.165, 1.54) is 0 Å². The van der Waals surface area contributed by atoms with E-state index in [9.17, 15) is 0 Å². The molecule has 1 N–H and O–H groups in total. The van der Waals surface area contributed by atoms with Crippen LogP contribution in [0, 0.1) is 11.8 Å². The van der Waals surface area contributed by atoms with Crippen LogP contribution >= 0.6 is 0 Å². The molecule has 18 heavy (non-hydrogen) atoms. The Bertz CT molecular complexity index is 427. The van der Waals surface area contributed by atoms with Crippen LogP contribution in [-0.2, 0) is 4.74 Å². The zero-order chi connectivity index (χ0) is 13.4. The Morgan fingerprint density at radius 2 is 2.11 bits per heavy atom. The average Bonchev–Trinajstić information content (AvgIpc) is 2.37. The van der Waals surface area contributed by atoms with Crippen molar-refractivity contribution in [3.8, 4) is 17.6 Å². The molecule has 0 bridgehead atoms. The lowest BCUT2D eigenvalue weighted by Gasteiger charge is -2.22. The largest absolute Gasteiger partial charge is 0.493 e. The highest BCUT2D eigenvalue weighted by Gasteiger charge is 2.15. The molecule has 3 heteroatoms. The Morgan fingerprint density at radius 1 is 1.33 bits per heavy atom. The third kappa shape index (κ3) is 5.22. The number of hydrogen-bond acceptors (Lipinski definition) is 3. The Balaban J connectivity index is 2.53. The predicted octanol–water partition coefficient (Wildman–Crippen LogP) is 2.22. The van der Waals surface area contributed by atoms with E-state index >= 15 is 0 Å². The molecule has 0 atom stereocenters. The van der Waals surface area contributed by atoms with Crippen molar-refractivity contribution in [2.75, 3.05) is 20.3 Å². The fourth-order valence-electron chi connectivity index (χ4n) is 1.32. The van der Waals surface area contributed by atoms with Gasteiger partial charge < -0.3 is 14.6 Å². The van der Waals surface area contributed by atoms with Crippen LogP contribution in [0.25, 0.3) is 0 Å². The smallest absolute Gasteiger partial charge is 0.120 e. The molecule has 0 saturated heterocycles. The highest BCUT2D eigenvalue weighted by molar-refractivity contribution is 5.39. The van der Waals surface area contributed by atoms with Crippen LogP contribution in [0.15, 0.2) is 24.3 Å². The molecule has 1 rings (SSSR count). The summed E-state index contributed by atoms with van der Waals surface area (Å²) in [5, 5.41) is 8.64. The number of aliphatic hydroxyl groups excluding tert-OH is 1. The van der Waals surface area contributed by atoms with Crippen LogP contribution in [0.2, 0.25) is 0 Å². The van der Waals surface area contributed by atoms with Crippen LogP contribution in [-0.4, -0.2) is 31.0 Å². The minimum absolute atomic E-state index is 0.132. The maximum atomic E-state index is 8.64. The maximum Gasteiger partial charge on any atom is 0.120 e. The maximum absolute atomic E-state index is 8.64. The van der Waals surface area contributed by atoms with Gasteiger partial charge in [-0.1, -0.05) is 17.9 Å². The third-order valence-corrected chi connectivity index (χ3v) is 2.67. The van der Waals surface area contributed by atoms with Crippen LogP contribution in [0.4, 0.5) is 0 Å². The highest BCUT2D eigenvalue weighted by atomic mass is 16.5. The summed E-state index contributed by atoms with van der Waals surface area (Å²) in [5.74, 6) is 6.24. The van der Waals surface area contributed by atoms with Crippen molar-refractivity contribution in [2.45, 2.75) is 25.9 Å². The summed E-state index contributed by atoms with van der Waals surface area (Å²) in [6.07, 6.45) is 0.816. The fourth-order valence-corrected chi connectivity index (χ4v) is 1.32. The van der Waals surface area contributed by atoms with Crippen LogP contribution in [0.5, 0.6) is 5.75 Å². The second-order valence-electron chi connectivity index (χ2n) is 4.55. The normalized spacial score (nSPS) is 10.7. The lowest BCUT2D eigenvalue weighted by molar-refractivity contribution is 0.00546. The summed E-state index contributed by atoms with van der Waals surface area (Å²) in [6, 6.07) is 7.53. The highest BCUT2D eigenvalue weighted by Crippen LogP contribution is 2.16. The van der Waals surface area contributed by atoms with Gasteiger partial charge in [0.15, 0.2) is 0 Å². The molecule has 0 fully saturated rings. The Hall–Kier alpha value is -1.50. The van der Waals surface area contributed by atoms with E-state index in [0.29, 0.717) is 6.61 Å². The van der Waals surface area contributed by atoms with Crippen molar-refractivity contribution in [1.82, 2.24) is 0 Å². The third-order valence-electron chi connectivity index (χ3n) is 2.67. The first-order chi connectivity index (χ1) is 8.57. The Kier molecular flexibility index (Phi) is 5.70. The minimum Gasteiger partial charge on any atom is -0.493 e. The van der Waals surface area contributed by atoms with Gasteiger partial charge in [0.25, 0.3) is 0 Å². The van der Waals surface area contributed by atoms with Gasteiger partial charge in [0.1, 0.15) is 12.4 Å². The van der Waals surface area contributed by atoms with Crippen molar-refractivity contribution < 1.29 is 14.6 Å². The van der Waals surface area contributed by atoms with Crippen LogP contribution in [0.3, 0.4) is 0 Å². The minimum atomic E-state index is -0.172. The second-order valence-corrected chi connectivity index (χ2v) is 4.55. The molecule has 3 nitrogen and oxygen atoms in total. The van der Waals surface area contributed by atoms with Crippen molar-refractivity contribution in [3.63, 3.8) is 0 Å². The molecular formula is C15H20O3. The standard InChI is InChI=1S/C15H20O3/c1-15(2,17-3)9-11-18-14-8-4-6-13(12-14)7-5-10-16/h4,6,8,12,16H,9-11H2,1-3H3. The zero-order valence-electron chi connectivity index (χ0n) is 11.2. The first kappa shape index (κ1) is 14.6. The monoisotopic (exact) mass is 248 g/mol. The summed E-state index contributed by atoms with van der Waals surface area (Å²) in [7, 11) is 1.70. The van der Waals surface area contributed by atoms with E-state index in [0.717, 1.165) is 17.7 Å². The number of rotatable bonds is 5. The lowest BCUT2D eigenvalue weighted by Crippen LogP contribution is -2.25. The number of hydrogen-bond donors (Lipinski definition) is 1. The molecule has 0 aromatic heterocycles. The molecule has 1 aromatic carbocycles. The molecule has 0 spiro atoms. The SMILES string of the molecule is COC(C)(C)CCOc1cccc(C#CCO)c1. The van der Waals surface area contributed by atoms with E-state index in [4.69, 9.17) is 14.6 Å². The van der Waals surface area contributed by atoms with E-state index < -0.39 is 0 Å². The molecular weight excluding hydrogens is 228 g/mol. The van der Waals surface area contributed by atoms with E-state index in [1.54, 1.807) is 7.11 Å². The van der Waals surface area contributed by atoms with Crippen molar-refractivity contribution in [1.29, 1.82) is 0 Å². The van der Waals surface area contributed by atoms with Crippen molar-refractivity contribution in [2.24, 2.45) is 0 Å². The van der Waals surface area contributed by atoms with Crippen molar-refractivity contribution in [3.05, 3.63) is 29.8 Å². The first-order valence-corrected chi connectivity index (χ1v) is 5.95. The summed E-state index contributed by atoms with van der Waals surface area (Å²) >= 11 is 0. The molecule has 1 aromatic rings. The molecule has 0 saturated carbocycles. The second kappa shape index (κ2) is 7.05. The number of benzene rings is 1. The van der Waals surface area contributed by atoms with E-state index in [-0.39, 0.29) is 12.2 Å². The molecule has 0 aliphatic rings. The van der Waals surface area contributed by atoms with Gasteiger partial charge in [-0.15, -0.1) is 0 Å².